The van der Waals surface area contributed by atoms with Crippen LogP contribution in [0.15, 0.2) is 28.4 Å². The molecule has 0 saturated carbocycles. The first-order chi connectivity index (χ1) is 12.2. The number of anilines is 2. The number of nitrogens with zero attached hydrogens (tertiary/aromatic N) is 5. The van der Waals surface area contributed by atoms with E-state index in [4.69, 9.17) is 4.52 Å². The molecule has 1 amide bonds. The van der Waals surface area contributed by atoms with Crippen LogP contribution in [0.1, 0.15) is 5.69 Å². The minimum atomic E-state index is -0.0909. The summed E-state index contributed by atoms with van der Waals surface area (Å²) >= 11 is 1.62. The van der Waals surface area contributed by atoms with Crippen molar-refractivity contribution in [2.45, 2.75) is 6.92 Å². The molecule has 1 fully saturated rings. The van der Waals surface area contributed by atoms with Gasteiger partial charge in [0.05, 0.1) is 17.6 Å². The molecule has 1 aliphatic rings. The largest absolute Gasteiger partial charge is 0.353 e. The number of amides is 1. The molecule has 1 N–H and O–H groups in total. The average Bonchev–Trinajstić information content (AvgIpc) is 3.24. The maximum Gasteiger partial charge on any atom is 0.240 e. The molecule has 0 unspecified atom stereocenters. The Morgan fingerprint density at radius 3 is 2.92 bits per heavy atom. The summed E-state index contributed by atoms with van der Waals surface area (Å²) in [4.78, 5) is 26.2. The first-order valence-electron chi connectivity index (χ1n) is 8.08. The molecule has 0 atom stereocenters. The van der Waals surface area contributed by atoms with Crippen LogP contribution in [0.2, 0.25) is 0 Å². The summed E-state index contributed by atoms with van der Waals surface area (Å²) in [5, 5.41) is 9.62. The van der Waals surface area contributed by atoms with Crippen molar-refractivity contribution >= 4 is 39.2 Å². The Bertz CT molecular complexity index is 884. The highest BCUT2D eigenvalue weighted by molar-refractivity contribution is 7.16. The molecule has 25 heavy (non-hydrogen) atoms. The highest BCUT2D eigenvalue weighted by Gasteiger charge is 2.22. The molecule has 1 aliphatic heterocycles. The number of aryl methyl sites for hydroxylation is 1. The lowest BCUT2D eigenvalue weighted by Gasteiger charge is -2.35. The lowest BCUT2D eigenvalue weighted by molar-refractivity contribution is -0.117. The molecule has 4 heterocycles. The molecule has 0 radical (unpaired) electrons. The van der Waals surface area contributed by atoms with E-state index in [1.54, 1.807) is 23.7 Å². The second-order valence-corrected chi connectivity index (χ2v) is 6.88. The molecule has 4 rings (SSSR count). The summed E-state index contributed by atoms with van der Waals surface area (Å²) in [7, 11) is 0. The number of carbonyl (C=O) groups is 1. The SMILES string of the molecule is Cc1cc(NC(=O)CN2CCN(c3ncnc4sccc34)CC2)on1. The minimum Gasteiger partial charge on any atom is -0.353 e. The molecule has 3 aromatic heterocycles. The summed E-state index contributed by atoms with van der Waals surface area (Å²) in [6, 6.07) is 3.77. The van der Waals surface area contributed by atoms with E-state index in [0.29, 0.717) is 12.4 Å². The molecular formula is C16H18N6O2S. The maximum absolute atomic E-state index is 12.1. The number of nitrogens with one attached hydrogen (secondary N) is 1. The number of piperazine rings is 1. The lowest BCUT2D eigenvalue weighted by Crippen LogP contribution is -2.49. The normalized spacial score (nSPS) is 15.6. The molecule has 8 nitrogen and oxygen atoms in total. The van der Waals surface area contributed by atoms with Gasteiger partial charge in [-0.05, 0) is 18.4 Å². The monoisotopic (exact) mass is 358 g/mol. The van der Waals surface area contributed by atoms with Crippen LogP contribution in [0, 0.1) is 6.92 Å². The third kappa shape index (κ3) is 3.47. The summed E-state index contributed by atoms with van der Waals surface area (Å²) in [6.07, 6.45) is 1.62. The zero-order valence-electron chi connectivity index (χ0n) is 13.8. The second-order valence-electron chi connectivity index (χ2n) is 5.98. The van der Waals surface area contributed by atoms with Crippen LogP contribution in [-0.4, -0.2) is 58.7 Å². The van der Waals surface area contributed by atoms with Gasteiger partial charge in [-0.1, -0.05) is 5.16 Å². The van der Waals surface area contributed by atoms with Crippen molar-refractivity contribution in [3.63, 3.8) is 0 Å². The molecule has 130 valence electrons. The van der Waals surface area contributed by atoms with E-state index in [9.17, 15) is 4.79 Å². The smallest absolute Gasteiger partial charge is 0.240 e. The maximum atomic E-state index is 12.1. The van der Waals surface area contributed by atoms with Crippen molar-refractivity contribution in [3.8, 4) is 0 Å². The standard InChI is InChI=1S/C16H18N6O2S/c1-11-8-14(24-20-11)19-13(23)9-21-3-5-22(6-4-21)15-12-2-7-25-16(12)18-10-17-15/h2,7-8,10H,3-6,9H2,1H3,(H,19,23). The molecule has 0 spiro atoms. The van der Waals surface area contributed by atoms with E-state index in [1.165, 1.54) is 0 Å². The Morgan fingerprint density at radius 1 is 1.32 bits per heavy atom. The van der Waals surface area contributed by atoms with Crippen LogP contribution in [0.25, 0.3) is 10.2 Å². The summed E-state index contributed by atoms with van der Waals surface area (Å²) < 4.78 is 5.01. The van der Waals surface area contributed by atoms with Crippen LogP contribution in [0.3, 0.4) is 0 Å². The van der Waals surface area contributed by atoms with Gasteiger partial charge >= 0.3 is 0 Å². The quantitative estimate of drug-likeness (QED) is 0.760. The van der Waals surface area contributed by atoms with Crippen molar-refractivity contribution in [1.82, 2.24) is 20.0 Å². The van der Waals surface area contributed by atoms with Crippen molar-refractivity contribution in [2.24, 2.45) is 0 Å². The fourth-order valence-electron chi connectivity index (χ4n) is 2.95. The van der Waals surface area contributed by atoms with Crippen molar-refractivity contribution in [3.05, 3.63) is 29.5 Å². The first kappa shape index (κ1) is 16.0. The van der Waals surface area contributed by atoms with E-state index in [0.717, 1.165) is 47.9 Å². The van der Waals surface area contributed by atoms with Crippen LogP contribution in [0.4, 0.5) is 11.7 Å². The zero-order valence-corrected chi connectivity index (χ0v) is 14.6. The minimum absolute atomic E-state index is 0.0909. The van der Waals surface area contributed by atoms with Crippen LogP contribution >= 0.6 is 11.3 Å². The number of hydrogen-bond donors (Lipinski definition) is 1. The Balaban J connectivity index is 1.34. The Morgan fingerprint density at radius 2 is 2.16 bits per heavy atom. The predicted octanol–water partition coefficient (Wildman–Crippen LogP) is 1.75. The van der Waals surface area contributed by atoms with Gasteiger partial charge in [-0.2, -0.15) is 0 Å². The number of hydrogen-bond acceptors (Lipinski definition) is 8. The number of thiophene rings is 1. The Kier molecular flexibility index (Phi) is 4.33. The van der Waals surface area contributed by atoms with Gasteiger partial charge in [0.15, 0.2) is 0 Å². The number of aromatic nitrogens is 3. The highest BCUT2D eigenvalue weighted by Crippen LogP contribution is 2.27. The molecule has 3 aromatic rings. The summed E-state index contributed by atoms with van der Waals surface area (Å²) in [5.74, 6) is 1.28. The van der Waals surface area contributed by atoms with E-state index >= 15 is 0 Å². The first-order valence-corrected chi connectivity index (χ1v) is 8.96. The van der Waals surface area contributed by atoms with Gasteiger partial charge in [0.2, 0.25) is 11.8 Å². The Labute approximate surface area is 148 Å². The molecular weight excluding hydrogens is 340 g/mol. The van der Waals surface area contributed by atoms with Gasteiger partial charge in [0, 0.05) is 32.2 Å². The third-order valence-electron chi connectivity index (χ3n) is 4.17. The van der Waals surface area contributed by atoms with Crippen LogP contribution in [0.5, 0.6) is 0 Å². The molecule has 0 aromatic carbocycles. The third-order valence-corrected chi connectivity index (χ3v) is 4.99. The molecule has 9 heteroatoms. The van der Waals surface area contributed by atoms with Gasteiger partial charge in [-0.25, -0.2) is 9.97 Å². The van der Waals surface area contributed by atoms with Crippen molar-refractivity contribution in [1.29, 1.82) is 0 Å². The highest BCUT2D eigenvalue weighted by atomic mass is 32.1. The molecule has 0 bridgehead atoms. The summed E-state index contributed by atoms with van der Waals surface area (Å²) in [6.45, 7) is 5.42. The average molecular weight is 358 g/mol. The zero-order chi connectivity index (χ0) is 17.2. The van der Waals surface area contributed by atoms with Crippen LogP contribution < -0.4 is 10.2 Å². The fraction of sp³-hybridized carbons (Fsp3) is 0.375. The fourth-order valence-corrected chi connectivity index (χ4v) is 3.68. The Hall–Kier alpha value is -2.52. The van der Waals surface area contributed by atoms with Gasteiger partial charge in [-0.15, -0.1) is 11.3 Å². The number of fused-ring (bicyclic) bond motifs is 1. The van der Waals surface area contributed by atoms with Gasteiger partial charge < -0.3 is 9.42 Å². The number of rotatable bonds is 4. The van der Waals surface area contributed by atoms with Crippen LogP contribution in [-0.2, 0) is 4.79 Å². The van der Waals surface area contributed by atoms with Gasteiger partial charge in [0.1, 0.15) is 17.0 Å². The lowest BCUT2D eigenvalue weighted by atomic mass is 10.2. The van der Waals surface area contributed by atoms with E-state index < -0.39 is 0 Å². The van der Waals surface area contributed by atoms with E-state index in [2.05, 4.69) is 36.3 Å². The molecule has 1 saturated heterocycles. The second kappa shape index (κ2) is 6.77. The van der Waals surface area contributed by atoms with Gasteiger partial charge in [0.25, 0.3) is 0 Å². The van der Waals surface area contributed by atoms with Crippen molar-refractivity contribution < 1.29 is 9.32 Å². The molecule has 0 aliphatic carbocycles. The van der Waals surface area contributed by atoms with E-state index in [1.807, 2.05) is 12.3 Å². The summed E-state index contributed by atoms with van der Waals surface area (Å²) in [5.41, 5.74) is 0.744. The topological polar surface area (TPSA) is 87.4 Å². The van der Waals surface area contributed by atoms with Gasteiger partial charge in [-0.3, -0.25) is 15.0 Å². The van der Waals surface area contributed by atoms with E-state index in [-0.39, 0.29) is 5.91 Å². The van der Waals surface area contributed by atoms with Crippen molar-refractivity contribution in [2.75, 3.05) is 42.9 Å². The number of carbonyl (C=O) groups excluding carboxylic acids is 1. The predicted molar refractivity (Wildman–Crippen MR) is 95.9 cm³/mol.